The van der Waals surface area contributed by atoms with Gasteiger partial charge in [-0.2, -0.15) is 15.5 Å². The largest absolute Gasteiger partial charge is 0.472 e. The molecule has 1 N–H and O–H groups in total. The first kappa shape index (κ1) is 22.4. The van der Waals surface area contributed by atoms with Crippen LogP contribution in [0.2, 0.25) is 5.02 Å². The van der Waals surface area contributed by atoms with Gasteiger partial charge in [0.1, 0.15) is 6.10 Å². The summed E-state index contributed by atoms with van der Waals surface area (Å²) in [5.41, 5.74) is 1.96. The van der Waals surface area contributed by atoms with Gasteiger partial charge in [0.2, 0.25) is 5.88 Å². The van der Waals surface area contributed by atoms with Crippen molar-refractivity contribution in [3.8, 4) is 11.9 Å². The van der Waals surface area contributed by atoms with Crippen molar-refractivity contribution in [2.45, 2.75) is 38.8 Å². The first-order valence-electron chi connectivity index (χ1n) is 9.94. The van der Waals surface area contributed by atoms with Gasteiger partial charge < -0.3 is 15.0 Å². The summed E-state index contributed by atoms with van der Waals surface area (Å²) in [7, 11) is 0. The van der Waals surface area contributed by atoms with Crippen LogP contribution in [0.3, 0.4) is 0 Å². The zero-order valence-electron chi connectivity index (χ0n) is 17.4. The molecule has 0 aliphatic carbocycles. The summed E-state index contributed by atoms with van der Waals surface area (Å²) in [5.74, 6) is 0.206. The number of nitriles is 1. The number of carbonyl (C=O) groups is 1. The van der Waals surface area contributed by atoms with E-state index in [2.05, 4.69) is 21.3 Å². The van der Waals surface area contributed by atoms with Crippen LogP contribution in [-0.4, -0.2) is 47.2 Å². The van der Waals surface area contributed by atoms with E-state index in [1.54, 1.807) is 42.3 Å². The minimum Gasteiger partial charge on any atom is -0.472 e. The molecule has 3 rings (SSSR count). The molecule has 2 heterocycles. The highest BCUT2D eigenvalue weighted by molar-refractivity contribution is 6.31. The molecule has 1 fully saturated rings. The summed E-state index contributed by atoms with van der Waals surface area (Å²) < 4.78 is 6.08. The average Bonchev–Trinajstić information content (AvgIpc) is 2.77. The zero-order valence-corrected chi connectivity index (χ0v) is 18.1. The Morgan fingerprint density at radius 1 is 1.45 bits per heavy atom. The minimum atomic E-state index is -0.248. The van der Waals surface area contributed by atoms with Crippen LogP contribution in [0.4, 0.5) is 5.69 Å². The average molecular weight is 439 g/mol. The SMILES string of the molecule is Cc1c(C#N)ccnc1OC1CCC(C)N(C(=O)c2cc(Cl)ccc2N=NCC=N)C1. The van der Waals surface area contributed by atoms with Gasteiger partial charge in [0.05, 0.1) is 36.0 Å². The number of likely N-dealkylation sites (tertiary alicyclic amines) is 1. The van der Waals surface area contributed by atoms with Crippen LogP contribution in [0.5, 0.6) is 5.88 Å². The van der Waals surface area contributed by atoms with Gasteiger partial charge in [0.15, 0.2) is 0 Å². The van der Waals surface area contributed by atoms with Gasteiger partial charge in [-0.3, -0.25) is 4.79 Å². The Kier molecular flexibility index (Phi) is 7.32. The van der Waals surface area contributed by atoms with E-state index < -0.39 is 0 Å². The number of rotatable bonds is 6. The number of amides is 1. The van der Waals surface area contributed by atoms with Crippen molar-refractivity contribution in [2.75, 3.05) is 13.1 Å². The molecule has 2 unspecified atom stereocenters. The first-order valence-corrected chi connectivity index (χ1v) is 10.3. The second kappa shape index (κ2) is 10.1. The number of benzene rings is 1. The van der Waals surface area contributed by atoms with Gasteiger partial charge >= 0.3 is 0 Å². The van der Waals surface area contributed by atoms with Gasteiger partial charge in [-0.15, -0.1) is 0 Å². The molecular formula is C22H23ClN6O2. The third-order valence-electron chi connectivity index (χ3n) is 5.20. The Balaban J connectivity index is 1.82. The summed E-state index contributed by atoms with van der Waals surface area (Å²) in [6.45, 7) is 4.31. The molecule has 1 aromatic carbocycles. The van der Waals surface area contributed by atoms with Crippen molar-refractivity contribution in [1.82, 2.24) is 9.88 Å². The molecule has 1 aliphatic rings. The first-order chi connectivity index (χ1) is 14.9. The van der Waals surface area contributed by atoms with E-state index in [0.717, 1.165) is 19.1 Å². The second-order valence-electron chi connectivity index (χ2n) is 7.31. The molecular weight excluding hydrogens is 416 g/mol. The van der Waals surface area contributed by atoms with E-state index in [1.807, 2.05) is 6.92 Å². The molecule has 1 amide bonds. The smallest absolute Gasteiger partial charge is 0.256 e. The fourth-order valence-corrected chi connectivity index (χ4v) is 3.62. The Morgan fingerprint density at radius 3 is 3.00 bits per heavy atom. The molecule has 8 nitrogen and oxygen atoms in total. The maximum atomic E-state index is 13.4. The third-order valence-corrected chi connectivity index (χ3v) is 5.43. The fourth-order valence-electron chi connectivity index (χ4n) is 3.45. The lowest BCUT2D eigenvalue weighted by Crippen LogP contribution is -2.49. The molecule has 1 aromatic heterocycles. The summed E-state index contributed by atoms with van der Waals surface area (Å²) in [6, 6.07) is 8.67. The van der Waals surface area contributed by atoms with Crippen LogP contribution in [0.25, 0.3) is 0 Å². The number of nitrogens with zero attached hydrogens (tertiary/aromatic N) is 5. The quantitative estimate of drug-likeness (QED) is 0.518. The number of ether oxygens (including phenoxy) is 1. The van der Waals surface area contributed by atoms with Gasteiger partial charge in [-0.05, 0) is 51.0 Å². The molecule has 0 spiro atoms. The Morgan fingerprint density at radius 2 is 2.26 bits per heavy atom. The maximum Gasteiger partial charge on any atom is 0.256 e. The van der Waals surface area contributed by atoms with Crippen molar-refractivity contribution >= 4 is 29.4 Å². The Hall–Kier alpha value is -3.31. The van der Waals surface area contributed by atoms with Crippen molar-refractivity contribution < 1.29 is 9.53 Å². The van der Waals surface area contributed by atoms with Gasteiger partial charge in [0, 0.05) is 29.0 Å². The van der Waals surface area contributed by atoms with Crippen LogP contribution < -0.4 is 4.74 Å². The number of halogens is 1. The van der Waals surface area contributed by atoms with E-state index in [4.69, 9.17) is 21.7 Å². The molecule has 31 heavy (non-hydrogen) atoms. The monoisotopic (exact) mass is 438 g/mol. The van der Waals surface area contributed by atoms with Crippen LogP contribution >= 0.6 is 11.6 Å². The van der Waals surface area contributed by atoms with E-state index in [-0.39, 0.29) is 24.6 Å². The topological polar surface area (TPSA) is 115 Å². The van der Waals surface area contributed by atoms with Gasteiger partial charge in [-0.25, -0.2) is 4.98 Å². The van der Waals surface area contributed by atoms with E-state index in [0.29, 0.717) is 39.8 Å². The number of hydrogen-bond donors (Lipinski definition) is 1. The fraction of sp³-hybridized carbons (Fsp3) is 0.364. The summed E-state index contributed by atoms with van der Waals surface area (Å²) in [5, 5.41) is 24.7. The summed E-state index contributed by atoms with van der Waals surface area (Å²) in [4.78, 5) is 19.4. The third kappa shape index (κ3) is 5.25. The van der Waals surface area contributed by atoms with E-state index in [1.165, 1.54) is 0 Å². The van der Waals surface area contributed by atoms with Crippen molar-refractivity contribution in [3.05, 3.63) is 52.2 Å². The van der Waals surface area contributed by atoms with Crippen LogP contribution in [-0.2, 0) is 0 Å². The summed E-state index contributed by atoms with van der Waals surface area (Å²) >= 11 is 6.14. The van der Waals surface area contributed by atoms with Crippen LogP contribution in [0.15, 0.2) is 40.7 Å². The molecule has 9 heteroatoms. The molecule has 1 saturated heterocycles. The normalized spacial score (nSPS) is 18.6. The number of hydrogen-bond acceptors (Lipinski definition) is 7. The number of aromatic nitrogens is 1. The molecule has 0 saturated carbocycles. The highest BCUT2D eigenvalue weighted by Gasteiger charge is 2.32. The molecule has 0 radical (unpaired) electrons. The van der Waals surface area contributed by atoms with Crippen molar-refractivity contribution in [3.63, 3.8) is 0 Å². The molecule has 2 aromatic rings. The standard InChI is InChI=1S/C22H23ClN6O2/c1-14-3-5-18(31-21-15(2)16(12-25)7-9-26-21)13-29(14)22(30)19-11-17(23)4-6-20(19)28-27-10-8-24/h4,6-9,11,14,18,24H,3,5,10,13H2,1-2H3. The number of carbonyl (C=O) groups excluding carboxylic acids is 1. The maximum absolute atomic E-state index is 13.4. The van der Waals surface area contributed by atoms with Gasteiger partial charge in [0.25, 0.3) is 5.91 Å². The van der Waals surface area contributed by atoms with Crippen molar-refractivity contribution in [1.29, 1.82) is 10.7 Å². The van der Waals surface area contributed by atoms with Gasteiger partial charge in [-0.1, -0.05) is 11.6 Å². The number of azo groups is 1. The second-order valence-corrected chi connectivity index (χ2v) is 7.75. The molecule has 0 bridgehead atoms. The molecule has 1 aliphatic heterocycles. The molecule has 2 atom stereocenters. The zero-order chi connectivity index (χ0) is 22.4. The van der Waals surface area contributed by atoms with E-state index >= 15 is 0 Å². The lowest BCUT2D eigenvalue weighted by molar-refractivity contribution is 0.0371. The van der Waals surface area contributed by atoms with E-state index in [9.17, 15) is 10.1 Å². The molecule has 160 valence electrons. The summed E-state index contributed by atoms with van der Waals surface area (Å²) in [6.07, 6.45) is 3.96. The minimum absolute atomic E-state index is 0.0113. The highest BCUT2D eigenvalue weighted by Crippen LogP contribution is 2.29. The van der Waals surface area contributed by atoms with Crippen molar-refractivity contribution in [2.24, 2.45) is 10.2 Å². The predicted molar refractivity (Wildman–Crippen MR) is 117 cm³/mol. The Bertz CT molecular complexity index is 1050. The number of piperidine rings is 1. The van der Waals surface area contributed by atoms with Crippen LogP contribution in [0, 0.1) is 23.7 Å². The predicted octanol–water partition coefficient (Wildman–Crippen LogP) is 4.72. The number of nitrogens with one attached hydrogen (secondary N) is 1. The van der Waals surface area contributed by atoms with Crippen LogP contribution in [0.1, 0.15) is 41.3 Å². The lowest BCUT2D eigenvalue weighted by Gasteiger charge is -2.38. The Labute approximate surface area is 186 Å². The number of pyridine rings is 1. The lowest BCUT2D eigenvalue weighted by atomic mass is 9.99. The highest BCUT2D eigenvalue weighted by atomic mass is 35.5.